The third kappa shape index (κ3) is 2.76. The smallest absolute Gasteiger partial charge is 0.258 e. The maximum Gasteiger partial charge on any atom is 0.258 e. The monoisotopic (exact) mass is 284 g/mol. The van der Waals surface area contributed by atoms with E-state index >= 15 is 0 Å². The first-order valence-corrected chi connectivity index (χ1v) is 6.49. The SMILES string of the molecule is Cc1c(O)cccc1-c1nc(Cc2cccc(F)c2)no1. The lowest BCUT2D eigenvalue weighted by atomic mass is 10.1. The summed E-state index contributed by atoms with van der Waals surface area (Å²) in [5.41, 5.74) is 2.14. The molecule has 0 bridgehead atoms. The molecule has 0 saturated carbocycles. The van der Waals surface area contributed by atoms with Gasteiger partial charge in [-0.3, -0.25) is 0 Å². The molecule has 0 radical (unpaired) electrons. The number of phenols is 1. The molecule has 0 saturated heterocycles. The number of rotatable bonds is 3. The summed E-state index contributed by atoms with van der Waals surface area (Å²) in [4.78, 5) is 4.30. The summed E-state index contributed by atoms with van der Waals surface area (Å²) in [6.45, 7) is 1.78. The van der Waals surface area contributed by atoms with Crippen molar-refractivity contribution in [1.82, 2.24) is 10.1 Å². The van der Waals surface area contributed by atoms with Crippen molar-refractivity contribution in [2.45, 2.75) is 13.3 Å². The molecule has 0 fully saturated rings. The minimum Gasteiger partial charge on any atom is -0.508 e. The van der Waals surface area contributed by atoms with Gasteiger partial charge >= 0.3 is 0 Å². The number of aromatic hydroxyl groups is 1. The van der Waals surface area contributed by atoms with Gasteiger partial charge in [-0.1, -0.05) is 23.4 Å². The van der Waals surface area contributed by atoms with Gasteiger partial charge in [0.05, 0.1) is 0 Å². The second-order valence-corrected chi connectivity index (χ2v) is 4.77. The standard InChI is InChI=1S/C16H13FN2O2/c1-10-13(6-3-7-14(10)20)16-18-15(19-21-16)9-11-4-2-5-12(17)8-11/h2-8,20H,9H2,1H3. The van der Waals surface area contributed by atoms with Gasteiger partial charge in [-0.25, -0.2) is 4.39 Å². The van der Waals surface area contributed by atoms with E-state index in [4.69, 9.17) is 4.52 Å². The molecule has 0 amide bonds. The molecule has 106 valence electrons. The number of hydrogen-bond donors (Lipinski definition) is 1. The minimum atomic E-state index is -0.292. The van der Waals surface area contributed by atoms with Gasteiger partial charge in [-0.2, -0.15) is 4.98 Å². The Balaban J connectivity index is 1.88. The fourth-order valence-electron chi connectivity index (χ4n) is 2.12. The molecule has 21 heavy (non-hydrogen) atoms. The average molecular weight is 284 g/mol. The highest BCUT2D eigenvalue weighted by atomic mass is 19.1. The number of aromatic nitrogens is 2. The zero-order chi connectivity index (χ0) is 14.8. The molecule has 1 N–H and O–H groups in total. The Morgan fingerprint density at radius 1 is 1.19 bits per heavy atom. The second-order valence-electron chi connectivity index (χ2n) is 4.77. The summed E-state index contributed by atoms with van der Waals surface area (Å²) in [7, 11) is 0. The van der Waals surface area contributed by atoms with E-state index in [2.05, 4.69) is 10.1 Å². The number of phenolic OH excluding ortho intramolecular Hbond substituents is 1. The lowest BCUT2D eigenvalue weighted by Crippen LogP contribution is -1.92. The van der Waals surface area contributed by atoms with E-state index in [1.54, 1.807) is 37.3 Å². The van der Waals surface area contributed by atoms with Gasteiger partial charge in [0.2, 0.25) is 0 Å². The zero-order valence-corrected chi connectivity index (χ0v) is 11.4. The first-order valence-electron chi connectivity index (χ1n) is 6.49. The quantitative estimate of drug-likeness (QED) is 0.800. The van der Waals surface area contributed by atoms with Gasteiger partial charge in [0.25, 0.3) is 5.89 Å². The van der Waals surface area contributed by atoms with Crippen LogP contribution < -0.4 is 0 Å². The third-order valence-corrected chi connectivity index (χ3v) is 3.25. The number of halogens is 1. The normalized spacial score (nSPS) is 10.8. The molecule has 1 aromatic heterocycles. The number of benzene rings is 2. The molecule has 3 aromatic rings. The number of hydrogen-bond acceptors (Lipinski definition) is 4. The van der Waals surface area contributed by atoms with Crippen LogP contribution in [0.3, 0.4) is 0 Å². The van der Waals surface area contributed by atoms with E-state index in [-0.39, 0.29) is 11.6 Å². The first-order chi connectivity index (χ1) is 10.1. The van der Waals surface area contributed by atoms with Crippen LogP contribution in [0.1, 0.15) is 17.0 Å². The van der Waals surface area contributed by atoms with Crippen molar-refractivity contribution in [1.29, 1.82) is 0 Å². The average Bonchev–Trinajstić information content (AvgIpc) is 2.90. The fraction of sp³-hybridized carbons (Fsp3) is 0.125. The van der Waals surface area contributed by atoms with Crippen LogP contribution in [0, 0.1) is 12.7 Å². The Labute approximate surface area is 120 Å². The van der Waals surface area contributed by atoms with E-state index in [1.807, 2.05) is 0 Å². The molecule has 0 unspecified atom stereocenters. The molecule has 0 spiro atoms. The van der Waals surface area contributed by atoms with Crippen LogP contribution in [-0.2, 0) is 6.42 Å². The summed E-state index contributed by atoms with van der Waals surface area (Å²) >= 11 is 0. The van der Waals surface area contributed by atoms with Crippen molar-refractivity contribution in [3.8, 4) is 17.2 Å². The van der Waals surface area contributed by atoms with E-state index in [0.717, 1.165) is 5.56 Å². The molecule has 0 aliphatic heterocycles. The van der Waals surface area contributed by atoms with Crippen LogP contribution in [0.25, 0.3) is 11.5 Å². The molecule has 4 nitrogen and oxygen atoms in total. The van der Waals surface area contributed by atoms with Crippen molar-refractivity contribution >= 4 is 0 Å². The lowest BCUT2D eigenvalue weighted by molar-refractivity contribution is 0.422. The Hall–Kier alpha value is -2.69. The summed E-state index contributed by atoms with van der Waals surface area (Å²) in [5, 5.41) is 13.6. The van der Waals surface area contributed by atoms with Gasteiger partial charge in [-0.05, 0) is 36.8 Å². The topological polar surface area (TPSA) is 59.2 Å². The third-order valence-electron chi connectivity index (χ3n) is 3.25. The molecular formula is C16H13FN2O2. The van der Waals surface area contributed by atoms with Gasteiger partial charge in [0.15, 0.2) is 5.82 Å². The molecule has 0 atom stereocenters. The molecular weight excluding hydrogens is 271 g/mol. The van der Waals surface area contributed by atoms with E-state index < -0.39 is 0 Å². The van der Waals surface area contributed by atoms with Crippen molar-refractivity contribution in [2.24, 2.45) is 0 Å². The van der Waals surface area contributed by atoms with Gasteiger partial charge in [0.1, 0.15) is 11.6 Å². The van der Waals surface area contributed by atoms with E-state index in [9.17, 15) is 9.50 Å². The minimum absolute atomic E-state index is 0.178. The maximum atomic E-state index is 13.1. The zero-order valence-electron chi connectivity index (χ0n) is 11.4. The summed E-state index contributed by atoms with van der Waals surface area (Å²) < 4.78 is 18.4. The van der Waals surface area contributed by atoms with Crippen LogP contribution in [-0.4, -0.2) is 15.2 Å². The molecule has 5 heteroatoms. The van der Waals surface area contributed by atoms with Crippen molar-refractivity contribution < 1.29 is 14.0 Å². The van der Waals surface area contributed by atoms with Gasteiger partial charge in [-0.15, -0.1) is 0 Å². The maximum absolute atomic E-state index is 13.1. The predicted octanol–water partition coefficient (Wildman–Crippen LogP) is 3.48. The van der Waals surface area contributed by atoms with Crippen molar-refractivity contribution in [3.63, 3.8) is 0 Å². The van der Waals surface area contributed by atoms with Crippen molar-refractivity contribution in [2.75, 3.05) is 0 Å². The van der Waals surface area contributed by atoms with E-state index in [1.165, 1.54) is 12.1 Å². The van der Waals surface area contributed by atoms with Crippen LogP contribution in [0.4, 0.5) is 4.39 Å². The summed E-state index contributed by atoms with van der Waals surface area (Å²) in [6, 6.07) is 11.4. The molecule has 0 aliphatic carbocycles. The predicted molar refractivity (Wildman–Crippen MR) is 75.3 cm³/mol. The highest BCUT2D eigenvalue weighted by Crippen LogP contribution is 2.28. The fourth-order valence-corrected chi connectivity index (χ4v) is 2.12. The van der Waals surface area contributed by atoms with Crippen LogP contribution in [0.2, 0.25) is 0 Å². The van der Waals surface area contributed by atoms with Crippen LogP contribution >= 0.6 is 0 Å². The van der Waals surface area contributed by atoms with Gasteiger partial charge in [0, 0.05) is 17.5 Å². The van der Waals surface area contributed by atoms with Gasteiger partial charge < -0.3 is 9.63 Å². The summed E-state index contributed by atoms with van der Waals surface area (Å²) in [5.74, 6) is 0.700. The molecule has 2 aromatic carbocycles. The van der Waals surface area contributed by atoms with Crippen LogP contribution in [0.5, 0.6) is 5.75 Å². The first kappa shape index (κ1) is 13.3. The number of nitrogens with zero attached hydrogens (tertiary/aromatic N) is 2. The highest BCUT2D eigenvalue weighted by Gasteiger charge is 2.13. The highest BCUT2D eigenvalue weighted by molar-refractivity contribution is 5.61. The molecule has 3 rings (SSSR count). The largest absolute Gasteiger partial charge is 0.508 e. The van der Waals surface area contributed by atoms with Crippen molar-refractivity contribution in [3.05, 3.63) is 65.2 Å². The summed E-state index contributed by atoms with van der Waals surface area (Å²) in [6.07, 6.45) is 0.388. The Morgan fingerprint density at radius 3 is 2.81 bits per heavy atom. The Morgan fingerprint density at radius 2 is 2.00 bits per heavy atom. The van der Waals surface area contributed by atoms with E-state index in [0.29, 0.717) is 29.3 Å². The van der Waals surface area contributed by atoms with Crippen LogP contribution in [0.15, 0.2) is 47.0 Å². The Kier molecular flexibility index (Phi) is 3.39. The Bertz CT molecular complexity index is 783. The molecule has 0 aliphatic rings. The lowest BCUT2D eigenvalue weighted by Gasteiger charge is -2.01. The second kappa shape index (κ2) is 5.36. The molecule has 1 heterocycles.